The second kappa shape index (κ2) is 8.26. The number of nitrogens with zero attached hydrogens (tertiary/aromatic N) is 1. The lowest BCUT2D eigenvalue weighted by molar-refractivity contribution is -0.121. The van der Waals surface area contributed by atoms with Gasteiger partial charge in [0.2, 0.25) is 5.91 Å². The second-order valence-corrected chi connectivity index (χ2v) is 8.56. The number of carbonyl (C=O) groups excluding carboxylic acids is 1. The molecule has 0 saturated heterocycles. The molecule has 32 heavy (non-hydrogen) atoms. The van der Waals surface area contributed by atoms with Crippen LogP contribution in [0.5, 0.6) is 0 Å². The van der Waals surface area contributed by atoms with E-state index in [1.54, 1.807) is 6.20 Å². The molecular formula is C26H26N2O4. The number of benzene rings is 1. The Hall–Kier alpha value is -3.41. The lowest BCUT2D eigenvalue weighted by atomic mass is 9.93. The molecule has 6 nitrogen and oxygen atoms in total. The highest BCUT2D eigenvalue weighted by molar-refractivity contribution is 6.00. The summed E-state index contributed by atoms with van der Waals surface area (Å²) in [5.74, 6) is 0.944. The Labute approximate surface area is 185 Å². The molecule has 0 fully saturated rings. The van der Waals surface area contributed by atoms with Gasteiger partial charge in [0, 0.05) is 46.5 Å². The van der Waals surface area contributed by atoms with Crippen LogP contribution in [-0.4, -0.2) is 10.9 Å². The standard InChI is InChI=1S/C26H26N2O4/c1-15-18(10-11-23(29)28-14-17-7-5-6-12-27-17)26(30)32-24-16(2)25-21(13-20(15)24)19-8-3-4-9-22(19)31-25/h5-7,12-13H,3-4,8-11,14H2,1-2H3,(H,28,29). The highest BCUT2D eigenvalue weighted by Crippen LogP contribution is 2.37. The van der Waals surface area contributed by atoms with E-state index in [0.29, 0.717) is 24.1 Å². The molecule has 1 N–H and O–H groups in total. The lowest BCUT2D eigenvalue weighted by Crippen LogP contribution is -2.24. The molecule has 3 aromatic heterocycles. The molecule has 1 aliphatic carbocycles. The van der Waals surface area contributed by atoms with Crippen LogP contribution < -0.4 is 10.9 Å². The van der Waals surface area contributed by atoms with E-state index in [1.165, 1.54) is 12.0 Å². The third-order valence-corrected chi connectivity index (χ3v) is 6.52. The van der Waals surface area contributed by atoms with Gasteiger partial charge < -0.3 is 14.2 Å². The highest BCUT2D eigenvalue weighted by atomic mass is 16.4. The first-order chi connectivity index (χ1) is 15.5. The number of furan rings is 1. The van der Waals surface area contributed by atoms with Crippen molar-refractivity contribution in [1.29, 1.82) is 0 Å². The first kappa shape index (κ1) is 20.5. The van der Waals surface area contributed by atoms with Crippen molar-refractivity contribution in [1.82, 2.24) is 10.3 Å². The molecule has 0 saturated carbocycles. The first-order valence-corrected chi connectivity index (χ1v) is 11.2. The number of aryl methyl sites for hydroxylation is 4. The summed E-state index contributed by atoms with van der Waals surface area (Å²) in [6.45, 7) is 4.26. The maximum atomic E-state index is 12.8. The predicted molar refractivity (Wildman–Crippen MR) is 123 cm³/mol. The maximum Gasteiger partial charge on any atom is 0.339 e. The van der Waals surface area contributed by atoms with Gasteiger partial charge in [0.15, 0.2) is 0 Å². The summed E-state index contributed by atoms with van der Waals surface area (Å²) in [5.41, 5.74) is 5.41. The maximum absolute atomic E-state index is 12.8. The smallest absolute Gasteiger partial charge is 0.339 e. The quantitative estimate of drug-likeness (QED) is 0.465. The van der Waals surface area contributed by atoms with Gasteiger partial charge in [-0.2, -0.15) is 0 Å². The number of hydrogen-bond donors (Lipinski definition) is 1. The van der Waals surface area contributed by atoms with Crippen molar-refractivity contribution in [2.45, 2.75) is 58.9 Å². The number of nitrogens with one attached hydrogen (secondary N) is 1. The number of pyridine rings is 1. The number of amides is 1. The molecular weight excluding hydrogens is 404 g/mol. The number of hydrogen-bond acceptors (Lipinski definition) is 5. The van der Waals surface area contributed by atoms with Gasteiger partial charge in [-0.25, -0.2) is 4.79 Å². The average Bonchev–Trinajstić information content (AvgIpc) is 3.18. The molecule has 0 radical (unpaired) electrons. The minimum atomic E-state index is -0.383. The van der Waals surface area contributed by atoms with Crippen LogP contribution in [0.1, 0.15) is 53.0 Å². The molecule has 1 amide bonds. The van der Waals surface area contributed by atoms with E-state index < -0.39 is 0 Å². The Morgan fingerprint density at radius 2 is 1.88 bits per heavy atom. The largest absolute Gasteiger partial charge is 0.460 e. The fraction of sp³-hybridized carbons (Fsp3) is 0.346. The fourth-order valence-electron chi connectivity index (χ4n) is 4.72. The molecule has 4 aromatic rings. The second-order valence-electron chi connectivity index (χ2n) is 8.56. The molecule has 5 rings (SSSR count). The normalized spacial score (nSPS) is 13.4. The molecule has 1 aliphatic rings. The van der Waals surface area contributed by atoms with Gasteiger partial charge in [0.1, 0.15) is 16.9 Å². The van der Waals surface area contributed by atoms with E-state index in [2.05, 4.69) is 16.4 Å². The Kier molecular flexibility index (Phi) is 5.29. The zero-order valence-electron chi connectivity index (χ0n) is 18.4. The predicted octanol–water partition coefficient (Wildman–Crippen LogP) is 4.68. The topological polar surface area (TPSA) is 85.3 Å². The van der Waals surface area contributed by atoms with Gasteiger partial charge in [0.25, 0.3) is 0 Å². The third kappa shape index (κ3) is 3.60. The Balaban J connectivity index is 1.44. The van der Waals surface area contributed by atoms with Gasteiger partial charge >= 0.3 is 5.63 Å². The molecule has 0 spiro atoms. The van der Waals surface area contributed by atoms with Gasteiger partial charge in [-0.1, -0.05) is 6.07 Å². The summed E-state index contributed by atoms with van der Waals surface area (Å²) in [7, 11) is 0. The number of fused-ring (bicyclic) bond motifs is 4. The molecule has 6 heteroatoms. The van der Waals surface area contributed by atoms with Crippen LogP contribution in [0.15, 0.2) is 44.1 Å². The van der Waals surface area contributed by atoms with Gasteiger partial charge in [-0.05, 0) is 63.3 Å². The van der Waals surface area contributed by atoms with Crippen molar-refractivity contribution in [2.75, 3.05) is 0 Å². The Bertz CT molecular complexity index is 1380. The Morgan fingerprint density at radius 1 is 1.06 bits per heavy atom. The van der Waals surface area contributed by atoms with Gasteiger partial charge in [-0.3, -0.25) is 9.78 Å². The molecule has 164 valence electrons. The minimum Gasteiger partial charge on any atom is -0.460 e. The molecule has 1 aromatic carbocycles. The molecule has 0 atom stereocenters. The zero-order valence-corrected chi connectivity index (χ0v) is 18.4. The summed E-state index contributed by atoms with van der Waals surface area (Å²) in [6, 6.07) is 7.68. The highest BCUT2D eigenvalue weighted by Gasteiger charge is 2.23. The van der Waals surface area contributed by atoms with Crippen molar-refractivity contribution in [3.63, 3.8) is 0 Å². The summed E-state index contributed by atoms with van der Waals surface area (Å²) < 4.78 is 11.9. The number of aromatic nitrogens is 1. The summed E-state index contributed by atoms with van der Waals surface area (Å²) in [4.78, 5) is 29.3. The van der Waals surface area contributed by atoms with E-state index in [4.69, 9.17) is 8.83 Å². The monoisotopic (exact) mass is 430 g/mol. The first-order valence-electron chi connectivity index (χ1n) is 11.2. The fourth-order valence-corrected chi connectivity index (χ4v) is 4.72. The average molecular weight is 431 g/mol. The van der Waals surface area contributed by atoms with Crippen LogP contribution >= 0.6 is 0 Å². The number of carbonyl (C=O) groups is 1. The summed E-state index contributed by atoms with van der Waals surface area (Å²) in [5, 5.41) is 4.91. The van der Waals surface area contributed by atoms with Crippen molar-refractivity contribution in [3.8, 4) is 0 Å². The molecule has 3 heterocycles. The van der Waals surface area contributed by atoms with Crippen molar-refractivity contribution >= 4 is 27.8 Å². The minimum absolute atomic E-state index is 0.120. The van der Waals surface area contributed by atoms with Crippen molar-refractivity contribution < 1.29 is 13.6 Å². The van der Waals surface area contributed by atoms with Crippen LogP contribution in [0.25, 0.3) is 21.9 Å². The molecule has 0 unspecified atom stereocenters. The van der Waals surface area contributed by atoms with Crippen LogP contribution in [0.3, 0.4) is 0 Å². The Morgan fingerprint density at radius 3 is 2.69 bits per heavy atom. The zero-order chi connectivity index (χ0) is 22.2. The van der Waals surface area contributed by atoms with Gasteiger partial charge in [0.05, 0.1) is 12.2 Å². The van der Waals surface area contributed by atoms with E-state index in [-0.39, 0.29) is 18.0 Å². The SMILES string of the molecule is Cc1c(CCC(=O)NCc2ccccn2)c(=O)oc2c(C)c3oc4c(c3cc12)CCCC4. The summed E-state index contributed by atoms with van der Waals surface area (Å²) in [6.07, 6.45) is 6.53. The van der Waals surface area contributed by atoms with E-state index >= 15 is 0 Å². The summed E-state index contributed by atoms with van der Waals surface area (Å²) >= 11 is 0. The lowest BCUT2D eigenvalue weighted by Gasteiger charge is -2.11. The third-order valence-electron chi connectivity index (χ3n) is 6.52. The molecule has 0 bridgehead atoms. The van der Waals surface area contributed by atoms with Crippen LogP contribution in [0.2, 0.25) is 0 Å². The van der Waals surface area contributed by atoms with Crippen molar-refractivity contribution in [2.24, 2.45) is 0 Å². The van der Waals surface area contributed by atoms with Gasteiger partial charge in [-0.15, -0.1) is 0 Å². The van der Waals surface area contributed by atoms with Crippen LogP contribution in [0.4, 0.5) is 0 Å². The van der Waals surface area contributed by atoms with E-state index in [9.17, 15) is 9.59 Å². The number of rotatable bonds is 5. The van der Waals surface area contributed by atoms with Crippen LogP contribution in [0, 0.1) is 13.8 Å². The van der Waals surface area contributed by atoms with Crippen molar-refractivity contribution in [3.05, 3.63) is 74.6 Å². The molecule has 0 aliphatic heterocycles. The van der Waals surface area contributed by atoms with E-state index in [0.717, 1.165) is 58.2 Å². The van der Waals surface area contributed by atoms with E-state index in [1.807, 2.05) is 32.0 Å². The van der Waals surface area contributed by atoms with Crippen LogP contribution in [-0.2, 0) is 30.6 Å².